The Morgan fingerprint density at radius 1 is 0.212 bits per heavy atom. The molecule has 10 aromatic carbocycles. The van der Waals surface area contributed by atoms with E-state index in [9.17, 15) is 0 Å². The van der Waals surface area contributed by atoms with E-state index >= 15 is 0 Å². The smallest absolute Gasteiger partial charge is 0.0435 e. The fourth-order valence-electron chi connectivity index (χ4n) is 7.09. The molecule has 0 nitrogen and oxygen atoms in total. The maximum atomic E-state index is 5.71. The SMILES string of the molecule is Cc1ccccc1Cl.[Ru].c1ccc(P(c2ccccc2)c2ccccc2)cc1.c1ccc(P(c2ccccc2)c2ccccc2)cc1.c1ccc(P(c2ccccc2)c2ccccc2)cc1. The first-order valence-corrected chi connectivity index (χ1v) is 26.1. The van der Waals surface area contributed by atoms with E-state index in [1.54, 1.807) is 0 Å². The van der Waals surface area contributed by atoms with Crippen LogP contribution in [0.15, 0.2) is 297 Å². The van der Waals surface area contributed by atoms with Gasteiger partial charge >= 0.3 is 0 Å². The third kappa shape index (κ3) is 15.0. The molecule has 0 atom stereocenters. The van der Waals surface area contributed by atoms with Crippen LogP contribution in [0.3, 0.4) is 0 Å². The standard InChI is InChI=1S/3C18H15P.C7H7Cl.Ru/c3*1-4-10-16(11-5-1)19(17-12-6-2-7-13-17)18-14-8-3-9-15-18;1-6-4-2-3-5-7(6)8;/h3*1-15H;2-5H,1H3;. The molecule has 0 aliphatic rings. The summed E-state index contributed by atoms with van der Waals surface area (Å²) in [6.07, 6.45) is 0. The molecular weight excluding hydrogens is 962 g/mol. The van der Waals surface area contributed by atoms with Gasteiger partial charge in [-0.25, -0.2) is 0 Å². The summed E-state index contributed by atoms with van der Waals surface area (Å²) in [6, 6.07) is 105. The van der Waals surface area contributed by atoms with Gasteiger partial charge < -0.3 is 0 Å². The normalized spacial score (nSPS) is 10.3. The van der Waals surface area contributed by atoms with Crippen LogP contribution >= 0.6 is 35.4 Å². The Balaban J connectivity index is 0.000000150. The van der Waals surface area contributed by atoms with Crippen molar-refractivity contribution in [3.05, 3.63) is 308 Å². The molecule has 5 heteroatoms. The van der Waals surface area contributed by atoms with Gasteiger partial charge in [0, 0.05) is 24.5 Å². The van der Waals surface area contributed by atoms with Crippen LogP contribution in [0, 0.1) is 6.92 Å². The van der Waals surface area contributed by atoms with E-state index in [4.69, 9.17) is 11.6 Å². The quantitative estimate of drug-likeness (QED) is 0.0998. The molecule has 0 radical (unpaired) electrons. The topological polar surface area (TPSA) is 0 Å². The molecule has 0 heterocycles. The summed E-state index contributed by atoms with van der Waals surface area (Å²) in [5.74, 6) is 0. The number of aryl methyl sites for hydroxylation is 1. The van der Waals surface area contributed by atoms with Crippen LogP contribution < -0.4 is 47.7 Å². The van der Waals surface area contributed by atoms with Crippen molar-refractivity contribution in [2.75, 3.05) is 0 Å². The third-order valence-electron chi connectivity index (χ3n) is 10.2. The zero-order valence-electron chi connectivity index (χ0n) is 36.9. The molecule has 0 bridgehead atoms. The molecule has 0 N–H and O–H groups in total. The molecule has 0 unspecified atom stereocenters. The molecule has 66 heavy (non-hydrogen) atoms. The molecule has 0 aliphatic heterocycles. The van der Waals surface area contributed by atoms with Gasteiger partial charge in [0.15, 0.2) is 0 Å². The Labute approximate surface area is 414 Å². The molecule has 0 saturated carbocycles. The first-order valence-electron chi connectivity index (χ1n) is 21.7. The summed E-state index contributed by atoms with van der Waals surface area (Å²) in [4.78, 5) is 0. The molecule has 0 amide bonds. The second kappa shape index (κ2) is 27.8. The Morgan fingerprint density at radius 2 is 0.348 bits per heavy atom. The number of hydrogen-bond acceptors (Lipinski definition) is 0. The van der Waals surface area contributed by atoms with E-state index in [0.717, 1.165) is 10.6 Å². The fourth-order valence-corrected chi connectivity index (χ4v) is 14.1. The molecule has 0 aromatic heterocycles. The number of halogens is 1. The second-order valence-corrected chi connectivity index (χ2v) is 21.8. The summed E-state index contributed by atoms with van der Waals surface area (Å²) < 4.78 is 0. The van der Waals surface area contributed by atoms with Gasteiger partial charge in [-0.05, 0) is 90.1 Å². The molecular formula is C61H52ClP3Ru. The monoisotopic (exact) mass is 1010 g/mol. The molecule has 0 aliphatic carbocycles. The Bertz CT molecular complexity index is 2220. The predicted molar refractivity (Wildman–Crippen MR) is 292 cm³/mol. The van der Waals surface area contributed by atoms with E-state index in [1.165, 1.54) is 47.7 Å². The summed E-state index contributed by atoms with van der Waals surface area (Å²) in [7, 11) is -1.34. The van der Waals surface area contributed by atoms with Gasteiger partial charge in [0.25, 0.3) is 0 Å². The van der Waals surface area contributed by atoms with Crippen molar-refractivity contribution in [3.8, 4) is 0 Å². The van der Waals surface area contributed by atoms with Crippen molar-refractivity contribution >= 4 is 83.1 Å². The van der Waals surface area contributed by atoms with Gasteiger partial charge in [-0.3, -0.25) is 0 Å². The molecule has 0 spiro atoms. The van der Waals surface area contributed by atoms with Gasteiger partial charge in [-0.2, -0.15) is 0 Å². The first kappa shape index (κ1) is 49.8. The van der Waals surface area contributed by atoms with Crippen LogP contribution in [0.2, 0.25) is 5.02 Å². The maximum absolute atomic E-state index is 5.71. The average molecular weight is 1010 g/mol. The molecule has 10 aromatic rings. The first-order chi connectivity index (χ1) is 32.2. The van der Waals surface area contributed by atoms with Crippen molar-refractivity contribution in [3.63, 3.8) is 0 Å². The third-order valence-corrected chi connectivity index (χ3v) is 18.0. The second-order valence-electron chi connectivity index (χ2n) is 14.8. The molecule has 0 saturated heterocycles. The number of rotatable bonds is 9. The zero-order valence-corrected chi connectivity index (χ0v) is 42.0. The van der Waals surface area contributed by atoms with Crippen molar-refractivity contribution in [1.82, 2.24) is 0 Å². The van der Waals surface area contributed by atoms with E-state index in [0.29, 0.717) is 0 Å². The van der Waals surface area contributed by atoms with Crippen LogP contribution in [0.25, 0.3) is 0 Å². The van der Waals surface area contributed by atoms with Gasteiger partial charge in [0.05, 0.1) is 0 Å². The zero-order chi connectivity index (χ0) is 44.7. The average Bonchev–Trinajstić information content (AvgIpc) is 3.39. The van der Waals surface area contributed by atoms with Gasteiger partial charge in [-0.15, -0.1) is 0 Å². The summed E-state index contributed by atoms with van der Waals surface area (Å²) in [5, 5.41) is 13.4. The van der Waals surface area contributed by atoms with Gasteiger partial charge in [0.2, 0.25) is 0 Å². The minimum Gasteiger partial charge on any atom is -0.0841 e. The van der Waals surface area contributed by atoms with Crippen LogP contribution in [0.5, 0.6) is 0 Å². The van der Waals surface area contributed by atoms with Crippen molar-refractivity contribution < 1.29 is 19.5 Å². The van der Waals surface area contributed by atoms with Crippen LogP contribution in [-0.2, 0) is 19.5 Å². The fraction of sp³-hybridized carbons (Fsp3) is 0.0164. The van der Waals surface area contributed by atoms with Crippen LogP contribution in [-0.4, -0.2) is 0 Å². The Kier molecular flexibility index (Phi) is 21.0. The Morgan fingerprint density at radius 3 is 0.470 bits per heavy atom. The largest absolute Gasteiger partial charge is 0.0841 e. The van der Waals surface area contributed by atoms with E-state index in [1.807, 2.05) is 31.2 Å². The Hall–Kier alpha value is -5.60. The van der Waals surface area contributed by atoms with Crippen molar-refractivity contribution in [2.24, 2.45) is 0 Å². The maximum Gasteiger partial charge on any atom is 0.0435 e. The number of benzene rings is 10. The van der Waals surface area contributed by atoms with Crippen molar-refractivity contribution in [2.45, 2.75) is 6.92 Å². The predicted octanol–water partition coefficient (Wildman–Crippen LogP) is 13.0. The van der Waals surface area contributed by atoms with Crippen molar-refractivity contribution in [1.29, 1.82) is 0 Å². The van der Waals surface area contributed by atoms with Gasteiger partial charge in [-0.1, -0.05) is 303 Å². The van der Waals surface area contributed by atoms with Gasteiger partial charge in [0.1, 0.15) is 0 Å². The summed E-state index contributed by atoms with van der Waals surface area (Å²) >= 11 is 5.71. The van der Waals surface area contributed by atoms with E-state index in [-0.39, 0.29) is 19.5 Å². The van der Waals surface area contributed by atoms with Crippen LogP contribution in [0.1, 0.15) is 5.56 Å². The molecule has 10 rings (SSSR count). The summed E-state index contributed by atoms with van der Waals surface area (Å²) in [5.41, 5.74) is 1.13. The van der Waals surface area contributed by atoms with E-state index < -0.39 is 23.8 Å². The minimum absolute atomic E-state index is 0. The van der Waals surface area contributed by atoms with Crippen LogP contribution in [0.4, 0.5) is 0 Å². The summed E-state index contributed by atoms with van der Waals surface area (Å²) in [6.45, 7) is 1.99. The minimum atomic E-state index is -0.446. The number of hydrogen-bond donors (Lipinski definition) is 0. The van der Waals surface area contributed by atoms with E-state index in [2.05, 4.69) is 273 Å². The molecule has 326 valence electrons. The molecule has 0 fully saturated rings.